The molecule has 0 spiro atoms. The van der Waals surface area contributed by atoms with Crippen molar-refractivity contribution in [1.29, 1.82) is 0 Å². The van der Waals surface area contributed by atoms with E-state index in [1.54, 1.807) is 19.4 Å². The summed E-state index contributed by atoms with van der Waals surface area (Å²) >= 11 is 0. The molecule has 94 valence electrons. The van der Waals surface area contributed by atoms with E-state index >= 15 is 0 Å². The number of anilines is 1. The van der Waals surface area contributed by atoms with Gasteiger partial charge in [-0.25, -0.2) is 4.98 Å². The van der Waals surface area contributed by atoms with Crippen LogP contribution >= 0.6 is 0 Å². The fourth-order valence-electron chi connectivity index (χ4n) is 2.18. The molecule has 1 aromatic heterocycles. The van der Waals surface area contributed by atoms with Crippen molar-refractivity contribution < 1.29 is 9.47 Å². The Hall–Kier alpha value is -1.36. The highest BCUT2D eigenvalue weighted by atomic mass is 16.5. The maximum atomic E-state index is 5.42. The van der Waals surface area contributed by atoms with Crippen LogP contribution in [-0.2, 0) is 4.74 Å². The summed E-state index contributed by atoms with van der Waals surface area (Å²) in [4.78, 5) is 8.49. The van der Waals surface area contributed by atoms with Gasteiger partial charge in [0, 0.05) is 19.4 Å². The minimum absolute atomic E-state index is 0.259. The molecule has 5 heteroatoms. The van der Waals surface area contributed by atoms with Crippen molar-refractivity contribution in [3.63, 3.8) is 0 Å². The van der Waals surface area contributed by atoms with Crippen LogP contribution in [0.3, 0.4) is 0 Å². The second kappa shape index (κ2) is 5.82. The molecule has 1 aromatic rings. The van der Waals surface area contributed by atoms with Crippen LogP contribution in [0.1, 0.15) is 26.2 Å². The van der Waals surface area contributed by atoms with Gasteiger partial charge in [-0.2, -0.15) is 4.98 Å². The fourth-order valence-corrected chi connectivity index (χ4v) is 2.18. The summed E-state index contributed by atoms with van der Waals surface area (Å²) in [5, 5.41) is 3.31. The van der Waals surface area contributed by atoms with E-state index in [1.807, 2.05) is 6.92 Å². The Morgan fingerprint density at radius 1 is 1.47 bits per heavy atom. The maximum Gasteiger partial charge on any atom is 0.226 e. The molecule has 0 aliphatic heterocycles. The molecule has 1 aliphatic carbocycles. The van der Waals surface area contributed by atoms with Gasteiger partial charge in [0.1, 0.15) is 0 Å². The van der Waals surface area contributed by atoms with E-state index in [0.29, 0.717) is 24.5 Å². The molecule has 0 saturated heterocycles. The van der Waals surface area contributed by atoms with Gasteiger partial charge in [0.05, 0.1) is 18.8 Å². The van der Waals surface area contributed by atoms with Crippen LogP contribution in [-0.4, -0.2) is 35.8 Å². The number of nitrogens with one attached hydrogen (secondary N) is 1. The van der Waals surface area contributed by atoms with Crippen molar-refractivity contribution in [1.82, 2.24) is 9.97 Å². The zero-order valence-electron chi connectivity index (χ0n) is 10.3. The van der Waals surface area contributed by atoms with E-state index in [1.165, 1.54) is 6.42 Å². The zero-order valence-corrected chi connectivity index (χ0v) is 10.3. The molecule has 0 radical (unpaired) electrons. The lowest BCUT2D eigenvalue weighted by molar-refractivity contribution is 0.101. The molecule has 1 saturated carbocycles. The average Bonchev–Trinajstić information content (AvgIpc) is 2.77. The average molecular weight is 237 g/mol. The fraction of sp³-hybridized carbons (Fsp3) is 0.667. The lowest BCUT2D eigenvalue weighted by Gasteiger charge is -2.19. The normalized spacial score (nSPS) is 23.6. The zero-order chi connectivity index (χ0) is 12.1. The summed E-state index contributed by atoms with van der Waals surface area (Å²) in [6.45, 7) is 2.55. The van der Waals surface area contributed by atoms with Crippen LogP contribution in [0.4, 0.5) is 5.95 Å². The van der Waals surface area contributed by atoms with E-state index in [4.69, 9.17) is 9.47 Å². The van der Waals surface area contributed by atoms with E-state index in [0.717, 1.165) is 12.8 Å². The van der Waals surface area contributed by atoms with Gasteiger partial charge in [0.15, 0.2) is 0 Å². The highest BCUT2D eigenvalue weighted by Gasteiger charge is 2.27. The van der Waals surface area contributed by atoms with Gasteiger partial charge in [0.25, 0.3) is 0 Å². The number of aromatic nitrogens is 2. The molecule has 5 nitrogen and oxygen atoms in total. The van der Waals surface area contributed by atoms with E-state index in [-0.39, 0.29) is 6.10 Å². The van der Waals surface area contributed by atoms with E-state index < -0.39 is 0 Å². The highest BCUT2D eigenvalue weighted by molar-refractivity contribution is 5.29. The molecular weight excluding hydrogens is 218 g/mol. The van der Waals surface area contributed by atoms with Crippen LogP contribution in [0.15, 0.2) is 12.3 Å². The largest absolute Gasteiger partial charge is 0.478 e. The molecule has 1 fully saturated rings. The molecule has 2 atom stereocenters. The SMILES string of the molecule is CCOc1ccnc(NC2CCCC2OC)n1. The smallest absolute Gasteiger partial charge is 0.226 e. The number of ether oxygens (including phenoxy) is 2. The predicted molar refractivity (Wildman–Crippen MR) is 65.3 cm³/mol. The first kappa shape index (κ1) is 12.1. The predicted octanol–water partition coefficient (Wildman–Crippen LogP) is 1.85. The van der Waals surface area contributed by atoms with Gasteiger partial charge in [-0.15, -0.1) is 0 Å². The summed E-state index contributed by atoms with van der Waals surface area (Å²) in [6.07, 6.45) is 5.34. The number of methoxy groups -OCH3 is 1. The van der Waals surface area contributed by atoms with Gasteiger partial charge in [0.2, 0.25) is 11.8 Å². The summed E-state index contributed by atoms with van der Waals surface area (Å²) in [5.41, 5.74) is 0. The molecule has 0 aromatic carbocycles. The Morgan fingerprint density at radius 3 is 3.12 bits per heavy atom. The van der Waals surface area contributed by atoms with Crippen LogP contribution in [0.25, 0.3) is 0 Å². The summed E-state index contributed by atoms with van der Waals surface area (Å²) in [6, 6.07) is 2.06. The summed E-state index contributed by atoms with van der Waals surface area (Å²) in [5.74, 6) is 1.22. The van der Waals surface area contributed by atoms with Crippen LogP contribution in [0, 0.1) is 0 Å². The van der Waals surface area contributed by atoms with Crippen molar-refractivity contribution in [2.45, 2.75) is 38.3 Å². The lowest BCUT2D eigenvalue weighted by atomic mass is 10.2. The number of nitrogens with zero attached hydrogens (tertiary/aromatic N) is 2. The third-order valence-corrected chi connectivity index (χ3v) is 2.99. The second-order valence-electron chi connectivity index (χ2n) is 4.11. The van der Waals surface area contributed by atoms with E-state index in [2.05, 4.69) is 15.3 Å². The van der Waals surface area contributed by atoms with Gasteiger partial charge >= 0.3 is 0 Å². The third kappa shape index (κ3) is 3.06. The third-order valence-electron chi connectivity index (χ3n) is 2.99. The quantitative estimate of drug-likeness (QED) is 0.847. The minimum atomic E-state index is 0.259. The maximum absolute atomic E-state index is 5.42. The molecule has 1 aliphatic rings. The number of hydrogen-bond donors (Lipinski definition) is 1. The first-order valence-corrected chi connectivity index (χ1v) is 6.08. The minimum Gasteiger partial charge on any atom is -0.478 e. The molecule has 2 rings (SSSR count). The Labute approximate surface area is 102 Å². The number of rotatable bonds is 5. The lowest BCUT2D eigenvalue weighted by Crippen LogP contribution is -2.30. The highest BCUT2D eigenvalue weighted by Crippen LogP contribution is 2.24. The van der Waals surface area contributed by atoms with Gasteiger partial charge in [-0.1, -0.05) is 0 Å². The van der Waals surface area contributed by atoms with Gasteiger partial charge in [-0.05, 0) is 26.2 Å². The molecule has 1 heterocycles. The van der Waals surface area contributed by atoms with Crippen LogP contribution in [0.2, 0.25) is 0 Å². The molecule has 2 unspecified atom stereocenters. The molecule has 17 heavy (non-hydrogen) atoms. The van der Waals surface area contributed by atoms with Gasteiger partial charge < -0.3 is 14.8 Å². The Bertz CT molecular complexity index is 359. The van der Waals surface area contributed by atoms with Crippen molar-refractivity contribution in [3.05, 3.63) is 12.3 Å². The molecular formula is C12H19N3O2. The molecule has 0 bridgehead atoms. The summed E-state index contributed by atoms with van der Waals surface area (Å²) < 4.78 is 10.8. The van der Waals surface area contributed by atoms with Crippen LogP contribution in [0.5, 0.6) is 5.88 Å². The van der Waals surface area contributed by atoms with Gasteiger partial charge in [-0.3, -0.25) is 0 Å². The first-order chi connectivity index (χ1) is 8.33. The van der Waals surface area contributed by atoms with Crippen LogP contribution < -0.4 is 10.1 Å². The standard InChI is InChI=1S/C12H19N3O2/c1-3-17-11-7-8-13-12(15-11)14-9-5-4-6-10(9)16-2/h7-10H,3-6H2,1-2H3,(H,13,14,15). The van der Waals surface area contributed by atoms with E-state index in [9.17, 15) is 0 Å². The summed E-state index contributed by atoms with van der Waals surface area (Å²) in [7, 11) is 1.75. The van der Waals surface area contributed by atoms with Crippen molar-refractivity contribution in [2.75, 3.05) is 19.0 Å². The van der Waals surface area contributed by atoms with Crippen molar-refractivity contribution >= 4 is 5.95 Å². The second-order valence-corrected chi connectivity index (χ2v) is 4.11. The Kier molecular flexibility index (Phi) is 4.14. The molecule has 0 amide bonds. The number of hydrogen-bond acceptors (Lipinski definition) is 5. The topological polar surface area (TPSA) is 56.3 Å². The monoisotopic (exact) mass is 237 g/mol. The van der Waals surface area contributed by atoms with Crippen molar-refractivity contribution in [2.24, 2.45) is 0 Å². The first-order valence-electron chi connectivity index (χ1n) is 6.08. The Morgan fingerprint density at radius 2 is 2.35 bits per heavy atom. The Balaban J connectivity index is 2.00. The molecule has 1 N–H and O–H groups in total. The van der Waals surface area contributed by atoms with Crippen molar-refractivity contribution in [3.8, 4) is 5.88 Å².